The number of rotatable bonds is 5. The topological polar surface area (TPSA) is 92.4 Å². The van der Waals surface area contributed by atoms with Crippen LogP contribution in [0.3, 0.4) is 0 Å². The first-order valence-corrected chi connectivity index (χ1v) is 9.57. The number of carbonyl (C=O) groups is 2. The molecule has 28 heavy (non-hydrogen) atoms. The summed E-state index contributed by atoms with van der Waals surface area (Å²) in [6.07, 6.45) is 4.19. The minimum Gasteiger partial charge on any atom is -0.481 e. The van der Waals surface area contributed by atoms with Gasteiger partial charge in [0.05, 0.1) is 5.39 Å². The summed E-state index contributed by atoms with van der Waals surface area (Å²) in [5.74, 6) is -0.0767. The zero-order chi connectivity index (χ0) is 19.5. The van der Waals surface area contributed by atoms with Crippen molar-refractivity contribution in [2.24, 2.45) is 5.92 Å². The van der Waals surface area contributed by atoms with E-state index in [4.69, 9.17) is 9.63 Å². The number of nitrogens with one attached hydrogen (secondary N) is 1. The molecule has 2 N–H and O–H groups in total. The van der Waals surface area contributed by atoms with Gasteiger partial charge in [0.1, 0.15) is 5.52 Å². The lowest BCUT2D eigenvalue weighted by Gasteiger charge is -2.28. The first-order chi connectivity index (χ1) is 13.6. The average molecular weight is 378 g/mol. The maximum absolute atomic E-state index is 12.5. The highest BCUT2D eigenvalue weighted by molar-refractivity contribution is 6.10. The lowest BCUT2D eigenvalue weighted by Crippen LogP contribution is -2.16. The van der Waals surface area contributed by atoms with E-state index in [-0.39, 0.29) is 18.1 Å². The highest BCUT2D eigenvalue weighted by Crippen LogP contribution is 2.37. The van der Waals surface area contributed by atoms with E-state index in [1.807, 2.05) is 42.5 Å². The molecule has 2 aromatic carbocycles. The molecule has 1 heterocycles. The van der Waals surface area contributed by atoms with Gasteiger partial charge in [0.2, 0.25) is 5.76 Å². The molecule has 3 aromatic rings. The van der Waals surface area contributed by atoms with Crippen LogP contribution in [0.15, 0.2) is 53.1 Å². The molecular weight excluding hydrogens is 356 g/mol. The summed E-state index contributed by atoms with van der Waals surface area (Å²) in [5.41, 5.74) is 2.59. The van der Waals surface area contributed by atoms with Crippen LogP contribution < -0.4 is 5.32 Å². The second-order valence-corrected chi connectivity index (χ2v) is 7.42. The fourth-order valence-corrected chi connectivity index (χ4v) is 4.03. The maximum Gasteiger partial charge on any atom is 0.303 e. The highest BCUT2D eigenvalue weighted by Gasteiger charge is 2.24. The van der Waals surface area contributed by atoms with Crippen molar-refractivity contribution in [1.82, 2.24) is 5.16 Å². The maximum atomic E-state index is 12.5. The molecule has 1 aliphatic carbocycles. The fourth-order valence-electron chi connectivity index (χ4n) is 4.03. The van der Waals surface area contributed by atoms with E-state index < -0.39 is 5.97 Å². The van der Waals surface area contributed by atoms with Crippen molar-refractivity contribution in [3.05, 3.63) is 59.9 Å². The van der Waals surface area contributed by atoms with Gasteiger partial charge in [-0.05, 0) is 67.3 Å². The molecule has 0 unspecified atom stereocenters. The molecule has 1 aliphatic rings. The van der Waals surface area contributed by atoms with E-state index in [1.54, 1.807) is 6.07 Å². The Morgan fingerprint density at radius 1 is 1.04 bits per heavy atom. The molecule has 6 heteroatoms. The van der Waals surface area contributed by atoms with Crippen LogP contribution in [-0.4, -0.2) is 22.1 Å². The molecule has 144 valence electrons. The molecule has 4 rings (SSSR count). The Hall–Kier alpha value is -3.15. The van der Waals surface area contributed by atoms with E-state index in [2.05, 4.69) is 10.5 Å². The number of benzene rings is 2. The molecule has 6 nitrogen and oxygen atoms in total. The Labute approximate surface area is 162 Å². The Kier molecular flexibility index (Phi) is 5.10. The van der Waals surface area contributed by atoms with Gasteiger partial charge in [0.25, 0.3) is 5.91 Å². The minimum atomic E-state index is -0.705. The zero-order valence-electron chi connectivity index (χ0n) is 15.4. The quantitative estimate of drug-likeness (QED) is 0.663. The summed E-state index contributed by atoms with van der Waals surface area (Å²) in [5, 5.41) is 16.4. The fraction of sp³-hybridized carbons (Fsp3) is 0.318. The van der Waals surface area contributed by atoms with Gasteiger partial charge in [-0.25, -0.2) is 0 Å². The number of carboxylic acid groups (broad SMARTS) is 1. The van der Waals surface area contributed by atoms with E-state index in [1.165, 1.54) is 5.56 Å². The molecule has 1 saturated carbocycles. The zero-order valence-corrected chi connectivity index (χ0v) is 15.4. The van der Waals surface area contributed by atoms with Crippen LogP contribution in [0.25, 0.3) is 10.9 Å². The standard InChI is InChI=1S/C22H22N2O4/c25-20(26)13-14-5-7-15(8-6-14)16-9-11-17(12-10-16)23-22(27)21-18-3-1-2-4-19(18)24-28-21/h1-4,9-12,14-15H,5-8,13H2,(H,23,27)(H,25,26). The van der Waals surface area contributed by atoms with Crippen LogP contribution in [0.1, 0.15) is 54.1 Å². The smallest absolute Gasteiger partial charge is 0.303 e. The number of aliphatic carboxylic acids is 1. The molecule has 1 fully saturated rings. The molecule has 0 aliphatic heterocycles. The van der Waals surface area contributed by atoms with Gasteiger partial charge in [0, 0.05) is 12.1 Å². The largest absolute Gasteiger partial charge is 0.481 e. The van der Waals surface area contributed by atoms with Crippen molar-refractivity contribution in [2.45, 2.75) is 38.0 Å². The summed E-state index contributed by atoms with van der Waals surface area (Å²) >= 11 is 0. The number of carbonyl (C=O) groups excluding carboxylic acids is 1. The summed E-state index contributed by atoms with van der Waals surface area (Å²) in [7, 11) is 0. The number of nitrogens with zero attached hydrogens (tertiary/aromatic N) is 1. The highest BCUT2D eigenvalue weighted by atomic mass is 16.5. The monoisotopic (exact) mass is 378 g/mol. The third kappa shape index (κ3) is 3.91. The van der Waals surface area contributed by atoms with Crippen LogP contribution in [0.5, 0.6) is 0 Å². The Morgan fingerprint density at radius 3 is 2.46 bits per heavy atom. The predicted octanol–water partition coefficient (Wildman–Crippen LogP) is 4.83. The van der Waals surface area contributed by atoms with Crippen molar-refractivity contribution in [2.75, 3.05) is 5.32 Å². The van der Waals surface area contributed by atoms with Crippen molar-refractivity contribution < 1.29 is 19.2 Å². The molecule has 0 radical (unpaired) electrons. The average Bonchev–Trinajstić information content (AvgIpc) is 3.13. The van der Waals surface area contributed by atoms with Gasteiger partial charge >= 0.3 is 5.97 Å². The van der Waals surface area contributed by atoms with Crippen LogP contribution in [0.2, 0.25) is 0 Å². The van der Waals surface area contributed by atoms with Gasteiger partial charge in [-0.1, -0.05) is 29.4 Å². The van der Waals surface area contributed by atoms with Gasteiger partial charge in [-0.2, -0.15) is 0 Å². The molecule has 0 bridgehead atoms. The van der Waals surface area contributed by atoms with Gasteiger partial charge in [-0.15, -0.1) is 0 Å². The summed E-state index contributed by atoms with van der Waals surface area (Å²) < 4.78 is 5.20. The second kappa shape index (κ2) is 7.84. The molecule has 1 amide bonds. The number of fused-ring (bicyclic) bond motifs is 1. The Morgan fingerprint density at radius 2 is 1.75 bits per heavy atom. The van der Waals surface area contributed by atoms with Crippen LogP contribution in [-0.2, 0) is 4.79 Å². The van der Waals surface area contributed by atoms with E-state index in [0.29, 0.717) is 28.4 Å². The van der Waals surface area contributed by atoms with Gasteiger partial charge in [-0.3, -0.25) is 9.59 Å². The van der Waals surface area contributed by atoms with Crippen LogP contribution >= 0.6 is 0 Å². The number of hydrogen-bond donors (Lipinski definition) is 2. The molecule has 0 atom stereocenters. The Bertz CT molecular complexity index is 985. The van der Waals surface area contributed by atoms with E-state index in [9.17, 15) is 9.59 Å². The third-order valence-electron chi connectivity index (χ3n) is 5.54. The third-order valence-corrected chi connectivity index (χ3v) is 5.54. The van der Waals surface area contributed by atoms with Crippen molar-refractivity contribution in [3.8, 4) is 0 Å². The van der Waals surface area contributed by atoms with Gasteiger partial charge in [0.15, 0.2) is 0 Å². The van der Waals surface area contributed by atoms with Crippen molar-refractivity contribution in [3.63, 3.8) is 0 Å². The Balaban J connectivity index is 1.38. The normalized spacial score (nSPS) is 19.4. The summed E-state index contributed by atoms with van der Waals surface area (Å²) in [6, 6.07) is 15.2. The first kappa shape index (κ1) is 18.2. The number of aromatic nitrogens is 1. The van der Waals surface area contributed by atoms with Crippen LogP contribution in [0.4, 0.5) is 5.69 Å². The predicted molar refractivity (Wildman–Crippen MR) is 105 cm³/mol. The summed E-state index contributed by atoms with van der Waals surface area (Å²) in [4.78, 5) is 23.4. The molecular formula is C22H22N2O4. The van der Waals surface area contributed by atoms with Crippen molar-refractivity contribution >= 4 is 28.5 Å². The molecule has 0 saturated heterocycles. The SMILES string of the molecule is O=C(O)CC1CCC(c2ccc(NC(=O)c3onc4ccccc34)cc2)CC1. The summed E-state index contributed by atoms with van der Waals surface area (Å²) in [6.45, 7) is 0. The van der Waals surface area contributed by atoms with Crippen LogP contribution in [0, 0.1) is 5.92 Å². The molecule has 1 aromatic heterocycles. The van der Waals surface area contributed by atoms with E-state index in [0.717, 1.165) is 25.7 Å². The number of anilines is 1. The first-order valence-electron chi connectivity index (χ1n) is 9.57. The number of amides is 1. The van der Waals surface area contributed by atoms with E-state index >= 15 is 0 Å². The molecule has 0 spiro atoms. The lowest BCUT2D eigenvalue weighted by molar-refractivity contribution is -0.138. The number of hydrogen-bond acceptors (Lipinski definition) is 4. The van der Waals surface area contributed by atoms with Gasteiger partial charge < -0.3 is 14.9 Å². The second-order valence-electron chi connectivity index (χ2n) is 7.42. The minimum absolute atomic E-state index is 0.205. The lowest BCUT2D eigenvalue weighted by atomic mass is 9.77. The van der Waals surface area contributed by atoms with Crippen molar-refractivity contribution in [1.29, 1.82) is 0 Å². The number of carboxylic acids is 1.